The molecule has 0 saturated carbocycles. The molecule has 0 aliphatic carbocycles. The lowest BCUT2D eigenvalue weighted by atomic mass is 10.0. The van der Waals surface area contributed by atoms with Gasteiger partial charge in [0, 0.05) is 30.4 Å². The quantitative estimate of drug-likeness (QED) is 0.644. The highest BCUT2D eigenvalue weighted by molar-refractivity contribution is 6.30. The molecule has 0 bridgehead atoms. The number of hydrogen-bond donors (Lipinski definition) is 2. The molecule has 0 spiro atoms. The van der Waals surface area contributed by atoms with Gasteiger partial charge in [-0.3, -0.25) is 11.3 Å². The first-order chi connectivity index (χ1) is 8.74. The normalized spacial score (nSPS) is 12.6. The summed E-state index contributed by atoms with van der Waals surface area (Å²) in [6.45, 7) is 3.00. The molecule has 0 aliphatic rings. The third-order valence-electron chi connectivity index (χ3n) is 2.98. The summed E-state index contributed by atoms with van der Waals surface area (Å²) in [6, 6.07) is 7.72. The van der Waals surface area contributed by atoms with Gasteiger partial charge >= 0.3 is 0 Å². The van der Waals surface area contributed by atoms with Gasteiger partial charge in [-0.1, -0.05) is 23.7 Å². The summed E-state index contributed by atoms with van der Waals surface area (Å²) in [7, 11) is 0. The van der Waals surface area contributed by atoms with Crippen molar-refractivity contribution in [3.8, 4) is 0 Å². The van der Waals surface area contributed by atoms with Gasteiger partial charge in [0.1, 0.15) is 5.82 Å². The van der Waals surface area contributed by atoms with Gasteiger partial charge in [-0.2, -0.15) is 0 Å². The first-order valence-electron chi connectivity index (χ1n) is 5.96. The lowest BCUT2D eigenvalue weighted by Gasteiger charge is -2.16. The molecule has 0 radical (unpaired) electrons. The van der Waals surface area contributed by atoms with Crippen LogP contribution in [0.2, 0.25) is 5.02 Å². The number of halogens is 1. The van der Waals surface area contributed by atoms with E-state index in [1.54, 1.807) is 0 Å². The van der Waals surface area contributed by atoms with Crippen molar-refractivity contribution in [3.63, 3.8) is 0 Å². The summed E-state index contributed by atoms with van der Waals surface area (Å²) in [6.07, 6.45) is 4.52. The Labute approximate surface area is 112 Å². The lowest BCUT2D eigenvalue weighted by molar-refractivity contribution is 0.523. The summed E-state index contributed by atoms with van der Waals surface area (Å²) < 4.78 is 2.11. The van der Waals surface area contributed by atoms with E-state index >= 15 is 0 Å². The molecule has 2 aromatic rings. The van der Waals surface area contributed by atoms with Crippen molar-refractivity contribution in [2.45, 2.75) is 25.9 Å². The first-order valence-corrected chi connectivity index (χ1v) is 6.34. The number of nitrogens with two attached hydrogens (primary N) is 1. The lowest BCUT2D eigenvalue weighted by Crippen LogP contribution is -2.30. The van der Waals surface area contributed by atoms with Crippen molar-refractivity contribution in [2.75, 3.05) is 0 Å². The van der Waals surface area contributed by atoms with Crippen molar-refractivity contribution < 1.29 is 0 Å². The van der Waals surface area contributed by atoms with E-state index < -0.39 is 0 Å². The summed E-state index contributed by atoms with van der Waals surface area (Å²) >= 11 is 6.00. The van der Waals surface area contributed by atoms with E-state index in [4.69, 9.17) is 17.4 Å². The van der Waals surface area contributed by atoms with E-state index in [9.17, 15) is 0 Å². The van der Waals surface area contributed by atoms with Crippen LogP contribution < -0.4 is 11.3 Å². The standard InChI is InChI=1S/C13H17ClN4/c1-2-18-7-6-16-13(18)9-12(17-15)10-4-3-5-11(14)8-10/h3-8,12,17H,2,9,15H2,1H3. The minimum atomic E-state index is 0.0106. The van der Waals surface area contributed by atoms with Gasteiger partial charge in [0.25, 0.3) is 0 Å². The molecular formula is C13H17ClN4. The van der Waals surface area contributed by atoms with Crippen LogP contribution in [0.4, 0.5) is 0 Å². The largest absolute Gasteiger partial charge is 0.335 e. The number of nitrogens with zero attached hydrogens (tertiary/aromatic N) is 2. The third-order valence-corrected chi connectivity index (χ3v) is 3.22. The van der Waals surface area contributed by atoms with E-state index in [-0.39, 0.29) is 6.04 Å². The van der Waals surface area contributed by atoms with Gasteiger partial charge in [-0.05, 0) is 24.6 Å². The zero-order valence-electron chi connectivity index (χ0n) is 10.3. The Bertz CT molecular complexity index is 509. The van der Waals surface area contributed by atoms with Crippen molar-refractivity contribution in [1.29, 1.82) is 0 Å². The molecule has 18 heavy (non-hydrogen) atoms. The Kier molecular flexibility index (Phi) is 4.36. The molecule has 0 fully saturated rings. The van der Waals surface area contributed by atoms with E-state index in [2.05, 4.69) is 21.9 Å². The predicted octanol–water partition coefficient (Wildman–Crippen LogP) is 2.30. The first kappa shape index (κ1) is 13.1. The number of imidazole rings is 1. The third kappa shape index (κ3) is 2.90. The van der Waals surface area contributed by atoms with Gasteiger partial charge in [0.05, 0.1) is 6.04 Å². The molecule has 1 heterocycles. The van der Waals surface area contributed by atoms with Crippen LogP contribution in [0.15, 0.2) is 36.7 Å². The summed E-state index contributed by atoms with van der Waals surface area (Å²) in [5.41, 5.74) is 3.89. The summed E-state index contributed by atoms with van der Waals surface area (Å²) in [5.74, 6) is 6.65. The van der Waals surface area contributed by atoms with Crippen LogP contribution in [0.25, 0.3) is 0 Å². The number of hydrogen-bond acceptors (Lipinski definition) is 3. The van der Waals surface area contributed by atoms with Crippen LogP contribution in [0.1, 0.15) is 24.4 Å². The van der Waals surface area contributed by atoms with Crippen LogP contribution in [0.3, 0.4) is 0 Å². The van der Waals surface area contributed by atoms with E-state index in [0.29, 0.717) is 5.02 Å². The molecule has 3 N–H and O–H groups in total. The van der Waals surface area contributed by atoms with E-state index in [1.165, 1.54) is 0 Å². The molecule has 0 saturated heterocycles. The highest BCUT2D eigenvalue weighted by Crippen LogP contribution is 2.20. The van der Waals surface area contributed by atoms with Crippen molar-refractivity contribution in [1.82, 2.24) is 15.0 Å². The van der Waals surface area contributed by atoms with Gasteiger partial charge in [-0.15, -0.1) is 0 Å². The molecule has 1 aromatic carbocycles. The Morgan fingerprint density at radius 1 is 1.50 bits per heavy atom. The molecule has 1 atom stereocenters. The summed E-state index contributed by atoms with van der Waals surface area (Å²) in [5, 5.41) is 0.714. The van der Waals surface area contributed by atoms with Crippen LogP contribution in [-0.2, 0) is 13.0 Å². The second kappa shape index (κ2) is 6.00. The maximum absolute atomic E-state index is 6.00. The number of aromatic nitrogens is 2. The van der Waals surface area contributed by atoms with Gasteiger partial charge in [0.2, 0.25) is 0 Å². The van der Waals surface area contributed by atoms with Gasteiger partial charge in [0.15, 0.2) is 0 Å². The predicted molar refractivity (Wildman–Crippen MR) is 73.1 cm³/mol. The topological polar surface area (TPSA) is 55.9 Å². The SMILES string of the molecule is CCn1ccnc1CC(NN)c1cccc(Cl)c1. The maximum Gasteiger partial charge on any atom is 0.110 e. The Morgan fingerprint density at radius 3 is 3.00 bits per heavy atom. The zero-order chi connectivity index (χ0) is 13.0. The maximum atomic E-state index is 6.00. The van der Waals surface area contributed by atoms with Gasteiger partial charge < -0.3 is 4.57 Å². The second-order valence-electron chi connectivity index (χ2n) is 4.11. The average molecular weight is 265 g/mol. The molecule has 4 nitrogen and oxygen atoms in total. The number of aryl methyl sites for hydroxylation is 1. The Morgan fingerprint density at radius 2 is 2.33 bits per heavy atom. The minimum absolute atomic E-state index is 0.0106. The highest BCUT2D eigenvalue weighted by Gasteiger charge is 2.13. The molecule has 0 amide bonds. The average Bonchev–Trinajstić information content (AvgIpc) is 2.83. The zero-order valence-corrected chi connectivity index (χ0v) is 11.1. The molecule has 96 valence electrons. The molecule has 1 aromatic heterocycles. The number of rotatable bonds is 5. The fourth-order valence-corrected chi connectivity index (χ4v) is 2.20. The fraction of sp³-hybridized carbons (Fsp3) is 0.308. The fourth-order valence-electron chi connectivity index (χ4n) is 2.00. The number of benzene rings is 1. The minimum Gasteiger partial charge on any atom is -0.335 e. The molecule has 0 aliphatic heterocycles. The van der Waals surface area contributed by atoms with Crippen LogP contribution >= 0.6 is 11.6 Å². The van der Waals surface area contributed by atoms with Crippen LogP contribution in [0, 0.1) is 0 Å². The number of hydrazine groups is 1. The Balaban J connectivity index is 2.20. The Hall–Kier alpha value is -1.36. The van der Waals surface area contributed by atoms with Gasteiger partial charge in [-0.25, -0.2) is 4.98 Å². The van der Waals surface area contributed by atoms with Crippen molar-refractivity contribution in [2.24, 2.45) is 5.84 Å². The van der Waals surface area contributed by atoms with Crippen LogP contribution in [0.5, 0.6) is 0 Å². The molecule has 1 unspecified atom stereocenters. The van der Waals surface area contributed by atoms with Crippen molar-refractivity contribution >= 4 is 11.6 Å². The molecular weight excluding hydrogens is 248 g/mol. The van der Waals surface area contributed by atoms with E-state index in [1.807, 2.05) is 36.7 Å². The molecule has 5 heteroatoms. The van der Waals surface area contributed by atoms with Crippen molar-refractivity contribution in [3.05, 3.63) is 53.1 Å². The van der Waals surface area contributed by atoms with E-state index in [0.717, 1.165) is 24.4 Å². The highest BCUT2D eigenvalue weighted by atomic mass is 35.5. The van der Waals surface area contributed by atoms with Crippen LogP contribution in [-0.4, -0.2) is 9.55 Å². The summed E-state index contributed by atoms with van der Waals surface area (Å²) in [4.78, 5) is 4.36. The monoisotopic (exact) mass is 264 g/mol. The molecule has 2 rings (SSSR count). The smallest absolute Gasteiger partial charge is 0.110 e. The number of nitrogens with one attached hydrogen (secondary N) is 1. The second-order valence-corrected chi connectivity index (χ2v) is 4.54.